The number of aryl methyl sites for hydroxylation is 1. The Morgan fingerprint density at radius 3 is 2.45 bits per heavy atom. The Morgan fingerprint density at radius 1 is 1.10 bits per heavy atom. The second-order valence-corrected chi connectivity index (χ2v) is 8.02. The molecule has 4 rings (SSSR count). The normalized spacial score (nSPS) is 18.4. The standard InChI is InChI=1S/C22H28N4O3/c1-15(2)17-6-4-5-16(3)20(17)23-21(27)18-7-8-19(25-24-18)26-11-9-22(10-12-26)28-13-14-29-22/h4-8,15H,9-14H2,1-3H3,(H,23,27). The summed E-state index contributed by atoms with van der Waals surface area (Å²) in [6, 6.07) is 9.65. The van der Waals surface area contributed by atoms with Crippen molar-refractivity contribution < 1.29 is 14.3 Å². The second kappa shape index (κ2) is 8.08. The molecule has 1 amide bonds. The first-order valence-electron chi connectivity index (χ1n) is 10.2. The Morgan fingerprint density at radius 2 is 1.83 bits per heavy atom. The van der Waals surface area contributed by atoms with Crippen molar-refractivity contribution in [1.29, 1.82) is 0 Å². The predicted molar refractivity (Wildman–Crippen MR) is 111 cm³/mol. The maximum Gasteiger partial charge on any atom is 0.276 e. The monoisotopic (exact) mass is 396 g/mol. The van der Waals surface area contributed by atoms with Crippen LogP contribution >= 0.6 is 0 Å². The molecule has 29 heavy (non-hydrogen) atoms. The van der Waals surface area contributed by atoms with Crippen molar-refractivity contribution in [2.75, 3.05) is 36.5 Å². The van der Waals surface area contributed by atoms with Crippen molar-refractivity contribution in [2.45, 2.75) is 45.3 Å². The highest BCUT2D eigenvalue weighted by Crippen LogP contribution is 2.32. The zero-order chi connectivity index (χ0) is 20.4. The lowest BCUT2D eigenvalue weighted by Gasteiger charge is -2.37. The molecule has 3 heterocycles. The Hall–Kier alpha value is -2.51. The van der Waals surface area contributed by atoms with Gasteiger partial charge in [-0.25, -0.2) is 0 Å². The van der Waals surface area contributed by atoms with Gasteiger partial charge in [-0.15, -0.1) is 10.2 Å². The lowest BCUT2D eigenvalue weighted by atomic mass is 9.98. The molecule has 1 N–H and O–H groups in total. The van der Waals surface area contributed by atoms with Crippen LogP contribution in [0.25, 0.3) is 0 Å². The van der Waals surface area contributed by atoms with Gasteiger partial charge in [0.25, 0.3) is 5.91 Å². The molecule has 0 saturated carbocycles. The number of amides is 1. The van der Waals surface area contributed by atoms with Crippen molar-refractivity contribution in [3.8, 4) is 0 Å². The van der Waals surface area contributed by atoms with Crippen LogP contribution in [0.4, 0.5) is 11.5 Å². The van der Waals surface area contributed by atoms with Gasteiger partial charge in [0.15, 0.2) is 17.3 Å². The number of rotatable bonds is 4. The Labute approximate surface area is 171 Å². The van der Waals surface area contributed by atoms with Crippen molar-refractivity contribution in [3.63, 3.8) is 0 Å². The number of hydrogen-bond donors (Lipinski definition) is 1. The molecule has 7 nitrogen and oxygen atoms in total. The lowest BCUT2D eigenvalue weighted by Crippen LogP contribution is -2.45. The minimum Gasteiger partial charge on any atom is -0.355 e. The SMILES string of the molecule is Cc1cccc(C(C)C)c1NC(=O)c1ccc(N2CCC3(CC2)OCCO3)nn1. The van der Waals surface area contributed by atoms with Gasteiger partial charge in [-0.1, -0.05) is 32.0 Å². The molecule has 154 valence electrons. The first-order valence-corrected chi connectivity index (χ1v) is 10.2. The lowest BCUT2D eigenvalue weighted by molar-refractivity contribution is -0.169. The number of anilines is 2. The summed E-state index contributed by atoms with van der Waals surface area (Å²) < 4.78 is 11.5. The summed E-state index contributed by atoms with van der Waals surface area (Å²) in [5.41, 5.74) is 3.31. The largest absolute Gasteiger partial charge is 0.355 e. The number of carbonyl (C=O) groups excluding carboxylic acids is 1. The van der Waals surface area contributed by atoms with Crippen LogP contribution in [-0.2, 0) is 9.47 Å². The number of benzene rings is 1. The highest BCUT2D eigenvalue weighted by atomic mass is 16.7. The highest BCUT2D eigenvalue weighted by molar-refractivity contribution is 6.03. The number of ether oxygens (including phenoxy) is 2. The summed E-state index contributed by atoms with van der Waals surface area (Å²) in [4.78, 5) is 14.9. The molecule has 7 heteroatoms. The number of nitrogens with one attached hydrogen (secondary N) is 1. The molecule has 0 bridgehead atoms. The third-order valence-corrected chi connectivity index (χ3v) is 5.71. The average molecular weight is 396 g/mol. The summed E-state index contributed by atoms with van der Waals surface area (Å²) in [5.74, 6) is 0.429. The van der Waals surface area contributed by atoms with Crippen molar-refractivity contribution in [1.82, 2.24) is 10.2 Å². The average Bonchev–Trinajstić information content (AvgIpc) is 3.18. The number of piperidine rings is 1. The maximum atomic E-state index is 12.7. The topological polar surface area (TPSA) is 76.6 Å². The quantitative estimate of drug-likeness (QED) is 0.852. The van der Waals surface area contributed by atoms with Crippen LogP contribution in [0, 0.1) is 6.92 Å². The second-order valence-electron chi connectivity index (χ2n) is 8.02. The van der Waals surface area contributed by atoms with Gasteiger partial charge in [0.1, 0.15) is 0 Å². The fourth-order valence-electron chi connectivity index (χ4n) is 4.00. The van der Waals surface area contributed by atoms with Crippen molar-refractivity contribution in [2.24, 2.45) is 0 Å². The fourth-order valence-corrected chi connectivity index (χ4v) is 4.00. The molecule has 1 spiro atoms. The van der Waals surface area contributed by atoms with Crippen molar-refractivity contribution in [3.05, 3.63) is 47.2 Å². The van der Waals surface area contributed by atoms with Gasteiger partial charge in [0.2, 0.25) is 0 Å². The first kappa shape index (κ1) is 19.8. The minimum atomic E-state index is -0.411. The summed E-state index contributed by atoms with van der Waals surface area (Å²) in [7, 11) is 0. The molecular formula is C22H28N4O3. The van der Waals surface area contributed by atoms with E-state index in [-0.39, 0.29) is 5.91 Å². The molecule has 2 aromatic rings. The summed E-state index contributed by atoms with van der Waals surface area (Å²) in [6.45, 7) is 9.15. The van der Waals surface area contributed by atoms with E-state index in [1.165, 1.54) is 0 Å². The first-order chi connectivity index (χ1) is 14.0. The van der Waals surface area contributed by atoms with Crippen LogP contribution in [0.15, 0.2) is 30.3 Å². The van der Waals surface area contributed by atoms with Gasteiger partial charge < -0.3 is 19.7 Å². The summed E-state index contributed by atoms with van der Waals surface area (Å²) >= 11 is 0. The third kappa shape index (κ3) is 4.11. The van der Waals surface area contributed by atoms with Crippen LogP contribution in [0.5, 0.6) is 0 Å². The maximum absolute atomic E-state index is 12.7. The molecular weight excluding hydrogens is 368 g/mol. The van der Waals surface area contributed by atoms with E-state index < -0.39 is 5.79 Å². The highest BCUT2D eigenvalue weighted by Gasteiger charge is 2.40. The van der Waals surface area contributed by atoms with E-state index in [1.807, 2.05) is 31.2 Å². The molecule has 0 radical (unpaired) electrons. The van der Waals surface area contributed by atoms with Crippen LogP contribution in [-0.4, -0.2) is 48.2 Å². The van der Waals surface area contributed by atoms with E-state index in [9.17, 15) is 4.79 Å². The minimum absolute atomic E-state index is 0.245. The Balaban J connectivity index is 1.43. The van der Waals surface area contributed by atoms with Crippen molar-refractivity contribution >= 4 is 17.4 Å². The number of aromatic nitrogens is 2. The summed E-state index contributed by atoms with van der Waals surface area (Å²) in [5, 5.41) is 11.5. The zero-order valence-corrected chi connectivity index (χ0v) is 17.3. The van der Waals surface area contributed by atoms with Gasteiger partial charge in [-0.3, -0.25) is 4.79 Å². The molecule has 0 unspecified atom stereocenters. The van der Waals surface area contributed by atoms with Gasteiger partial charge in [0, 0.05) is 31.6 Å². The molecule has 2 fully saturated rings. The number of carbonyl (C=O) groups is 1. The molecule has 0 atom stereocenters. The number of hydrogen-bond acceptors (Lipinski definition) is 6. The molecule has 0 aliphatic carbocycles. The van der Waals surface area contributed by atoms with E-state index in [0.717, 1.165) is 48.6 Å². The molecule has 2 aliphatic heterocycles. The van der Waals surface area contributed by atoms with Crippen LogP contribution in [0.3, 0.4) is 0 Å². The molecule has 1 aromatic carbocycles. The van der Waals surface area contributed by atoms with Gasteiger partial charge in [-0.05, 0) is 36.1 Å². The Kier molecular flexibility index (Phi) is 5.52. The summed E-state index contributed by atoms with van der Waals surface area (Å²) in [6.07, 6.45) is 1.62. The number of nitrogens with zero attached hydrogens (tertiary/aromatic N) is 3. The smallest absolute Gasteiger partial charge is 0.276 e. The van der Waals surface area contributed by atoms with Crippen LogP contribution in [0.2, 0.25) is 0 Å². The third-order valence-electron chi connectivity index (χ3n) is 5.71. The van der Waals surface area contributed by atoms with E-state index in [1.54, 1.807) is 6.07 Å². The Bertz CT molecular complexity index is 866. The zero-order valence-electron chi connectivity index (χ0n) is 17.3. The van der Waals surface area contributed by atoms with E-state index in [2.05, 4.69) is 34.3 Å². The molecule has 2 aliphatic rings. The van der Waals surface area contributed by atoms with Gasteiger partial charge >= 0.3 is 0 Å². The fraction of sp³-hybridized carbons (Fsp3) is 0.500. The number of para-hydroxylation sites is 1. The molecule has 2 saturated heterocycles. The van der Waals surface area contributed by atoms with E-state index in [4.69, 9.17) is 9.47 Å². The van der Waals surface area contributed by atoms with Crippen LogP contribution < -0.4 is 10.2 Å². The van der Waals surface area contributed by atoms with Crippen LogP contribution in [0.1, 0.15) is 54.2 Å². The van der Waals surface area contributed by atoms with Gasteiger partial charge in [0.05, 0.1) is 13.2 Å². The van der Waals surface area contributed by atoms with E-state index in [0.29, 0.717) is 24.8 Å². The van der Waals surface area contributed by atoms with E-state index >= 15 is 0 Å². The van der Waals surface area contributed by atoms with Gasteiger partial charge in [-0.2, -0.15) is 0 Å². The predicted octanol–water partition coefficient (Wildman–Crippen LogP) is 3.50. The molecule has 1 aromatic heterocycles.